The van der Waals surface area contributed by atoms with E-state index in [1.54, 1.807) is 7.11 Å². The van der Waals surface area contributed by atoms with Crippen LogP contribution in [0.4, 0.5) is 0 Å². The third-order valence-corrected chi connectivity index (χ3v) is 3.09. The Balaban J connectivity index is 2.71. The summed E-state index contributed by atoms with van der Waals surface area (Å²) in [5.74, 6) is 0. The number of nitrogens with zero attached hydrogens (tertiary/aromatic N) is 1. The number of methoxy groups -OCH3 is 1. The predicted octanol–water partition coefficient (Wildman–Crippen LogP) is 2.46. The van der Waals surface area contributed by atoms with Gasteiger partial charge >= 0.3 is 0 Å². The average molecular weight is 276 g/mol. The van der Waals surface area contributed by atoms with Gasteiger partial charge in [0.2, 0.25) is 0 Å². The van der Waals surface area contributed by atoms with Crippen LogP contribution in [0, 0.1) is 11.3 Å². The maximum absolute atomic E-state index is 9.64. The molecule has 0 aliphatic rings. The van der Waals surface area contributed by atoms with Crippen LogP contribution in [0.1, 0.15) is 25.3 Å². The van der Waals surface area contributed by atoms with Gasteiger partial charge in [0.15, 0.2) is 5.54 Å². The van der Waals surface area contributed by atoms with Crippen molar-refractivity contribution < 1.29 is 9.47 Å². The first-order chi connectivity index (χ1) is 9.79. The predicted molar refractivity (Wildman–Crippen MR) is 79.3 cm³/mol. The monoisotopic (exact) mass is 276 g/mol. The topological polar surface area (TPSA) is 54.3 Å². The summed E-state index contributed by atoms with van der Waals surface area (Å²) in [5.41, 5.74) is 0.173. The van der Waals surface area contributed by atoms with E-state index in [9.17, 15) is 5.26 Å². The lowest BCUT2D eigenvalue weighted by molar-refractivity contribution is 0.0706. The Morgan fingerprint density at radius 3 is 2.60 bits per heavy atom. The molecular weight excluding hydrogens is 252 g/mol. The van der Waals surface area contributed by atoms with Gasteiger partial charge in [-0.2, -0.15) is 5.26 Å². The fourth-order valence-electron chi connectivity index (χ4n) is 1.96. The van der Waals surface area contributed by atoms with Crippen molar-refractivity contribution in [3.8, 4) is 6.07 Å². The van der Waals surface area contributed by atoms with Gasteiger partial charge in [0.1, 0.15) is 0 Å². The second-order valence-electron chi connectivity index (χ2n) is 4.71. The Hall–Kier alpha value is -1.41. The highest BCUT2D eigenvalue weighted by molar-refractivity contribution is 5.31. The maximum atomic E-state index is 9.64. The van der Waals surface area contributed by atoms with Crippen LogP contribution in [-0.4, -0.2) is 33.5 Å². The molecule has 1 unspecified atom stereocenters. The maximum Gasteiger partial charge on any atom is 0.155 e. The van der Waals surface area contributed by atoms with Crippen LogP contribution < -0.4 is 5.32 Å². The lowest BCUT2D eigenvalue weighted by atomic mass is 9.92. The highest BCUT2D eigenvalue weighted by Gasteiger charge is 2.31. The van der Waals surface area contributed by atoms with Crippen molar-refractivity contribution in [2.75, 3.05) is 33.5 Å². The Morgan fingerprint density at radius 1 is 1.25 bits per heavy atom. The van der Waals surface area contributed by atoms with E-state index in [1.165, 1.54) is 0 Å². The van der Waals surface area contributed by atoms with E-state index in [0.29, 0.717) is 19.8 Å². The zero-order valence-corrected chi connectivity index (χ0v) is 12.4. The van der Waals surface area contributed by atoms with Gasteiger partial charge in [0, 0.05) is 20.3 Å². The van der Waals surface area contributed by atoms with E-state index in [-0.39, 0.29) is 0 Å². The van der Waals surface area contributed by atoms with Crippen molar-refractivity contribution in [2.24, 2.45) is 0 Å². The van der Waals surface area contributed by atoms with Crippen LogP contribution in [0.2, 0.25) is 0 Å². The second-order valence-corrected chi connectivity index (χ2v) is 4.71. The van der Waals surface area contributed by atoms with E-state index in [2.05, 4.69) is 18.3 Å². The zero-order chi connectivity index (χ0) is 14.7. The van der Waals surface area contributed by atoms with Crippen molar-refractivity contribution >= 4 is 0 Å². The van der Waals surface area contributed by atoms with E-state index in [1.807, 2.05) is 30.3 Å². The molecule has 1 aromatic carbocycles. The molecule has 110 valence electrons. The molecule has 0 bridgehead atoms. The van der Waals surface area contributed by atoms with Crippen LogP contribution >= 0.6 is 0 Å². The van der Waals surface area contributed by atoms with Gasteiger partial charge in [-0.05, 0) is 24.9 Å². The molecule has 4 heteroatoms. The van der Waals surface area contributed by atoms with E-state index in [4.69, 9.17) is 9.47 Å². The Bertz CT molecular complexity index is 403. The number of nitrogens with one attached hydrogen (secondary N) is 1. The Labute approximate surface area is 121 Å². The average Bonchev–Trinajstić information content (AvgIpc) is 2.51. The SMILES string of the molecule is CCCNC(C#N)(COCCCOC)c1ccccc1. The van der Waals surface area contributed by atoms with Crippen molar-refractivity contribution in [2.45, 2.75) is 25.3 Å². The van der Waals surface area contributed by atoms with Gasteiger partial charge in [-0.3, -0.25) is 5.32 Å². The number of ether oxygens (including phenoxy) is 2. The lowest BCUT2D eigenvalue weighted by Crippen LogP contribution is -2.45. The summed E-state index contributed by atoms with van der Waals surface area (Å²) >= 11 is 0. The zero-order valence-electron chi connectivity index (χ0n) is 12.4. The van der Waals surface area contributed by atoms with Gasteiger partial charge in [0.05, 0.1) is 12.7 Å². The van der Waals surface area contributed by atoms with E-state index < -0.39 is 5.54 Å². The summed E-state index contributed by atoms with van der Waals surface area (Å²) in [5, 5.41) is 13.0. The summed E-state index contributed by atoms with van der Waals surface area (Å²) in [7, 11) is 1.67. The molecular formula is C16H24N2O2. The molecule has 0 saturated carbocycles. The summed E-state index contributed by atoms with van der Waals surface area (Å²) < 4.78 is 10.7. The first-order valence-corrected chi connectivity index (χ1v) is 7.07. The van der Waals surface area contributed by atoms with Gasteiger partial charge in [-0.15, -0.1) is 0 Å². The highest BCUT2D eigenvalue weighted by Crippen LogP contribution is 2.21. The molecule has 1 aromatic rings. The number of hydrogen-bond donors (Lipinski definition) is 1. The summed E-state index contributed by atoms with van der Waals surface area (Å²) in [6.45, 7) is 4.48. The van der Waals surface area contributed by atoms with Crippen molar-refractivity contribution in [1.29, 1.82) is 5.26 Å². The van der Waals surface area contributed by atoms with Crippen LogP contribution in [0.3, 0.4) is 0 Å². The minimum Gasteiger partial charge on any atom is -0.385 e. The molecule has 4 nitrogen and oxygen atoms in total. The molecule has 0 saturated heterocycles. The number of benzene rings is 1. The van der Waals surface area contributed by atoms with Crippen molar-refractivity contribution in [3.05, 3.63) is 35.9 Å². The van der Waals surface area contributed by atoms with E-state index in [0.717, 1.165) is 24.9 Å². The number of hydrogen-bond acceptors (Lipinski definition) is 4. The molecule has 1 rings (SSSR count). The normalized spacial score (nSPS) is 13.7. The molecule has 1 N–H and O–H groups in total. The molecule has 20 heavy (non-hydrogen) atoms. The van der Waals surface area contributed by atoms with Crippen molar-refractivity contribution in [1.82, 2.24) is 5.32 Å². The third-order valence-electron chi connectivity index (χ3n) is 3.09. The molecule has 0 fully saturated rings. The minimum absolute atomic E-state index is 0.344. The quantitative estimate of drug-likeness (QED) is 0.667. The fraction of sp³-hybridized carbons (Fsp3) is 0.562. The summed E-state index contributed by atoms with van der Waals surface area (Å²) in [6, 6.07) is 12.2. The second kappa shape index (κ2) is 9.49. The summed E-state index contributed by atoms with van der Waals surface area (Å²) in [4.78, 5) is 0. The number of nitriles is 1. The molecule has 0 aliphatic heterocycles. The lowest BCUT2D eigenvalue weighted by Gasteiger charge is -2.28. The highest BCUT2D eigenvalue weighted by atomic mass is 16.5. The third kappa shape index (κ3) is 4.93. The molecule has 0 amide bonds. The minimum atomic E-state index is -0.773. The molecule has 1 atom stereocenters. The fourth-order valence-corrected chi connectivity index (χ4v) is 1.96. The van der Waals surface area contributed by atoms with E-state index >= 15 is 0 Å². The first-order valence-electron chi connectivity index (χ1n) is 7.07. The van der Waals surface area contributed by atoms with Gasteiger partial charge in [-0.1, -0.05) is 37.3 Å². The molecule has 0 radical (unpaired) electrons. The molecule has 0 aromatic heterocycles. The van der Waals surface area contributed by atoms with Gasteiger partial charge in [0.25, 0.3) is 0 Å². The van der Waals surface area contributed by atoms with Crippen molar-refractivity contribution in [3.63, 3.8) is 0 Å². The van der Waals surface area contributed by atoms with Crippen LogP contribution in [0.25, 0.3) is 0 Å². The molecule has 0 spiro atoms. The number of rotatable bonds is 10. The molecule has 0 aliphatic carbocycles. The van der Waals surface area contributed by atoms with Crippen LogP contribution in [0.15, 0.2) is 30.3 Å². The first kappa shape index (κ1) is 16.6. The standard InChI is InChI=1S/C16H24N2O2/c1-3-10-18-16(13-17,14-20-12-7-11-19-2)15-8-5-4-6-9-15/h4-6,8-9,18H,3,7,10-12,14H2,1-2H3. The Morgan fingerprint density at radius 2 is 2.00 bits per heavy atom. The van der Waals surface area contributed by atoms with Gasteiger partial charge in [-0.25, -0.2) is 0 Å². The van der Waals surface area contributed by atoms with Gasteiger partial charge < -0.3 is 9.47 Å². The summed E-state index contributed by atoms with van der Waals surface area (Å²) in [6.07, 6.45) is 1.81. The smallest absolute Gasteiger partial charge is 0.155 e. The largest absolute Gasteiger partial charge is 0.385 e. The van der Waals surface area contributed by atoms with Crippen LogP contribution in [0.5, 0.6) is 0 Å². The molecule has 0 heterocycles. The Kier molecular flexibility index (Phi) is 7.89. The van der Waals surface area contributed by atoms with Crippen LogP contribution in [-0.2, 0) is 15.0 Å².